The van der Waals surface area contributed by atoms with Crippen LogP contribution in [0.5, 0.6) is 0 Å². The van der Waals surface area contributed by atoms with E-state index in [0.717, 1.165) is 0 Å². The van der Waals surface area contributed by atoms with Gasteiger partial charge in [-0.25, -0.2) is 0 Å². The molecule has 0 amide bonds. The smallest absolute Gasteiger partial charge is 0.0714 e. The Morgan fingerprint density at radius 1 is 0.347 bits per heavy atom. The molecule has 3 aliphatic rings. The number of hydrogen-bond donors (Lipinski definition) is 0. The first-order valence-electron chi connectivity index (χ1n) is 17.7. The van der Waals surface area contributed by atoms with E-state index in [1.54, 1.807) is 0 Å². The third-order valence-electron chi connectivity index (χ3n) is 11.7. The molecule has 1 fully saturated rings. The van der Waals surface area contributed by atoms with Crippen LogP contribution in [-0.2, 0) is 10.8 Å². The van der Waals surface area contributed by atoms with E-state index in [4.69, 9.17) is 0 Å². The molecule has 0 radical (unpaired) electrons. The van der Waals surface area contributed by atoms with Gasteiger partial charge in [-0.05, 0) is 105 Å². The SMILES string of the molecule is c1ccc(N(c2ccc3c(c2)C2(CCCC2)c2ccccc2-3)c2ccc3c(c2)C(c2ccccc2)(c2ccccc2)c2ccccc2-3)cc1. The second-order valence-electron chi connectivity index (χ2n) is 14.0. The maximum absolute atomic E-state index is 2.53. The van der Waals surface area contributed by atoms with E-state index in [1.165, 1.54) is 98.4 Å². The van der Waals surface area contributed by atoms with Gasteiger partial charge in [0.2, 0.25) is 0 Å². The summed E-state index contributed by atoms with van der Waals surface area (Å²) in [5.41, 5.74) is 16.9. The summed E-state index contributed by atoms with van der Waals surface area (Å²) in [5.74, 6) is 0. The van der Waals surface area contributed by atoms with Crippen molar-refractivity contribution in [3.8, 4) is 22.3 Å². The van der Waals surface area contributed by atoms with Crippen molar-refractivity contribution in [3.05, 3.63) is 209 Å². The van der Waals surface area contributed by atoms with E-state index in [2.05, 4.69) is 181 Å². The standard InChI is InChI=1S/C48H37N/c1-4-16-34(17-5-1)48(35-18-6-2-7-19-35)44-25-13-11-23-40(44)42-29-27-38(33-46(42)48)49(36-20-8-3-9-21-36)37-26-28-41-39-22-10-12-24-43(39)47(45(41)32-37)30-14-15-31-47/h1-13,16-29,32-33H,14-15,30-31H2. The molecule has 10 rings (SSSR count). The van der Waals surface area contributed by atoms with Crippen molar-refractivity contribution in [2.24, 2.45) is 0 Å². The quantitative estimate of drug-likeness (QED) is 0.183. The van der Waals surface area contributed by atoms with Crippen molar-refractivity contribution in [2.45, 2.75) is 36.5 Å². The summed E-state index contributed by atoms with van der Waals surface area (Å²) in [6.07, 6.45) is 5.01. The number of para-hydroxylation sites is 1. The average molecular weight is 628 g/mol. The predicted octanol–water partition coefficient (Wildman–Crippen LogP) is 12.4. The minimum atomic E-state index is -0.444. The molecule has 1 saturated carbocycles. The molecule has 0 heterocycles. The van der Waals surface area contributed by atoms with Crippen LogP contribution < -0.4 is 4.90 Å². The van der Waals surface area contributed by atoms with E-state index in [0.29, 0.717) is 0 Å². The Kier molecular flexibility index (Phi) is 6.33. The molecule has 0 atom stereocenters. The average Bonchev–Trinajstić information content (AvgIpc) is 3.86. The first kappa shape index (κ1) is 28.4. The van der Waals surface area contributed by atoms with E-state index in [9.17, 15) is 0 Å². The van der Waals surface area contributed by atoms with E-state index in [1.807, 2.05) is 0 Å². The minimum absolute atomic E-state index is 0.111. The Labute approximate surface area is 289 Å². The second-order valence-corrected chi connectivity index (χ2v) is 14.0. The molecule has 0 aliphatic heterocycles. The number of benzene rings is 7. The highest BCUT2D eigenvalue weighted by Crippen LogP contribution is 2.59. The zero-order valence-electron chi connectivity index (χ0n) is 27.5. The Hall–Kier alpha value is -5.66. The lowest BCUT2D eigenvalue weighted by molar-refractivity contribution is 0.550. The molecule has 1 nitrogen and oxygen atoms in total. The van der Waals surface area contributed by atoms with Gasteiger partial charge in [-0.15, -0.1) is 0 Å². The molecule has 0 aromatic heterocycles. The molecular weight excluding hydrogens is 591 g/mol. The minimum Gasteiger partial charge on any atom is -0.310 e. The molecule has 0 saturated heterocycles. The summed E-state index contributed by atoms with van der Waals surface area (Å²) in [4.78, 5) is 2.48. The van der Waals surface area contributed by atoms with E-state index < -0.39 is 5.41 Å². The van der Waals surface area contributed by atoms with Gasteiger partial charge in [0.05, 0.1) is 5.41 Å². The summed E-state index contributed by atoms with van der Waals surface area (Å²) < 4.78 is 0. The summed E-state index contributed by atoms with van der Waals surface area (Å²) in [6, 6.07) is 65.8. The highest BCUT2D eigenvalue weighted by molar-refractivity contribution is 5.90. The fourth-order valence-corrected chi connectivity index (χ4v) is 9.70. The Bertz CT molecular complexity index is 2290. The van der Waals surface area contributed by atoms with Crippen molar-refractivity contribution < 1.29 is 0 Å². The topological polar surface area (TPSA) is 3.24 Å². The van der Waals surface area contributed by atoms with Gasteiger partial charge in [0.1, 0.15) is 0 Å². The normalized spacial score (nSPS) is 15.8. The van der Waals surface area contributed by atoms with Crippen molar-refractivity contribution in [1.29, 1.82) is 0 Å². The van der Waals surface area contributed by atoms with Gasteiger partial charge in [-0.1, -0.05) is 152 Å². The Morgan fingerprint density at radius 3 is 1.41 bits per heavy atom. The van der Waals surface area contributed by atoms with Crippen molar-refractivity contribution in [3.63, 3.8) is 0 Å². The fourth-order valence-electron chi connectivity index (χ4n) is 9.70. The van der Waals surface area contributed by atoms with Gasteiger partial charge in [-0.2, -0.15) is 0 Å². The third-order valence-corrected chi connectivity index (χ3v) is 11.7. The van der Waals surface area contributed by atoms with Crippen LogP contribution in [0.25, 0.3) is 22.3 Å². The lowest BCUT2D eigenvalue weighted by atomic mass is 9.67. The molecule has 3 aliphatic carbocycles. The summed E-state index contributed by atoms with van der Waals surface area (Å²) in [5, 5.41) is 0. The molecule has 0 unspecified atom stereocenters. The van der Waals surface area contributed by atoms with E-state index >= 15 is 0 Å². The number of hydrogen-bond acceptors (Lipinski definition) is 1. The van der Waals surface area contributed by atoms with Gasteiger partial charge in [0.25, 0.3) is 0 Å². The molecule has 7 aromatic carbocycles. The van der Waals surface area contributed by atoms with Gasteiger partial charge in [0.15, 0.2) is 0 Å². The molecule has 234 valence electrons. The second kappa shape index (κ2) is 10.9. The van der Waals surface area contributed by atoms with Gasteiger partial charge < -0.3 is 4.90 Å². The first-order valence-corrected chi connectivity index (χ1v) is 17.7. The van der Waals surface area contributed by atoms with Crippen LogP contribution in [0.3, 0.4) is 0 Å². The first-order chi connectivity index (χ1) is 24.3. The van der Waals surface area contributed by atoms with E-state index in [-0.39, 0.29) is 5.41 Å². The zero-order chi connectivity index (χ0) is 32.4. The molecule has 1 spiro atoms. The van der Waals surface area contributed by atoms with Crippen LogP contribution in [0, 0.1) is 0 Å². The lowest BCUT2D eigenvalue weighted by Gasteiger charge is -2.35. The fraction of sp³-hybridized carbons (Fsp3) is 0.125. The number of rotatable bonds is 5. The monoisotopic (exact) mass is 627 g/mol. The Morgan fingerprint density at radius 2 is 0.796 bits per heavy atom. The molecule has 0 bridgehead atoms. The van der Waals surface area contributed by atoms with Crippen LogP contribution in [-0.4, -0.2) is 0 Å². The molecule has 0 N–H and O–H groups in total. The molecule has 49 heavy (non-hydrogen) atoms. The van der Waals surface area contributed by atoms with Crippen LogP contribution >= 0.6 is 0 Å². The predicted molar refractivity (Wildman–Crippen MR) is 203 cm³/mol. The van der Waals surface area contributed by atoms with Gasteiger partial charge >= 0.3 is 0 Å². The van der Waals surface area contributed by atoms with Gasteiger partial charge in [0, 0.05) is 22.5 Å². The highest BCUT2D eigenvalue weighted by Gasteiger charge is 2.47. The largest absolute Gasteiger partial charge is 0.310 e. The van der Waals surface area contributed by atoms with Crippen molar-refractivity contribution in [2.75, 3.05) is 4.90 Å². The number of nitrogens with zero attached hydrogens (tertiary/aromatic N) is 1. The summed E-state index contributed by atoms with van der Waals surface area (Å²) in [6.45, 7) is 0. The van der Waals surface area contributed by atoms with Crippen LogP contribution in [0.15, 0.2) is 176 Å². The van der Waals surface area contributed by atoms with Crippen molar-refractivity contribution in [1.82, 2.24) is 0 Å². The Balaban J connectivity index is 1.22. The zero-order valence-corrected chi connectivity index (χ0v) is 27.5. The molecule has 7 aromatic rings. The number of anilines is 3. The maximum atomic E-state index is 2.53. The summed E-state index contributed by atoms with van der Waals surface area (Å²) in [7, 11) is 0. The third kappa shape index (κ3) is 3.99. The van der Waals surface area contributed by atoms with Crippen LogP contribution in [0.2, 0.25) is 0 Å². The molecule has 1 heteroatoms. The highest BCUT2D eigenvalue weighted by atomic mass is 15.1. The van der Waals surface area contributed by atoms with Gasteiger partial charge in [-0.3, -0.25) is 0 Å². The van der Waals surface area contributed by atoms with Crippen LogP contribution in [0.1, 0.15) is 59.1 Å². The summed E-state index contributed by atoms with van der Waals surface area (Å²) >= 11 is 0. The van der Waals surface area contributed by atoms with Crippen LogP contribution in [0.4, 0.5) is 17.1 Å². The lowest BCUT2D eigenvalue weighted by Crippen LogP contribution is -2.28. The molecular formula is C48H37N. The number of fused-ring (bicyclic) bond motifs is 8. The van der Waals surface area contributed by atoms with Crippen molar-refractivity contribution >= 4 is 17.1 Å². The maximum Gasteiger partial charge on any atom is 0.0714 e.